The average Bonchev–Trinajstić information content (AvgIpc) is 3.08. The summed E-state index contributed by atoms with van der Waals surface area (Å²) < 4.78 is 13.9. The van der Waals surface area contributed by atoms with Gasteiger partial charge in [0, 0.05) is 23.4 Å². The monoisotopic (exact) mass is 269 g/mol. The van der Waals surface area contributed by atoms with E-state index in [9.17, 15) is 9.18 Å². The highest BCUT2D eigenvalue weighted by Gasteiger charge is 2.46. The Labute approximate surface area is 112 Å². The molecule has 1 aliphatic rings. The molecule has 18 heavy (non-hydrogen) atoms. The highest BCUT2D eigenvalue weighted by molar-refractivity contribution is 6.30. The van der Waals surface area contributed by atoms with Crippen molar-refractivity contribution in [3.8, 4) is 0 Å². The summed E-state index contributed by atoms with van der Waals surface area (Å²) in [6.45, 7) is 2.48. The molecule has 1 aromatic carbocycles. The first-order chi connectivity index (χ1) is 8.57. The van der Waals surface area contributed by atoms with Crippen LogP contribution in [0.1, 0.15) is 38.2 Å². The van der Waals surface area contributed by atoms with E-state index in [-0.39, 0.29) is 17.1 Å². The van der Waals surface area contributed by atoms with Gasteiger partial charge in [-0.05, 0) is 37.0 Å². The van der Waals surface area contributed by atoms with Gasteiger partial charge in [0.2, 0.25) is 5.91 Å². The van der Waals surface area contributed by atoms with E-state index in [4.69, 9.17) is 11.6 Å². The Kier molecular flexibility index (Phi) is 3.91. The third-order valence-electron chi connectivity index (χ3n) is 3.46. The number of carbonyl (C=O) groups excluding carboxylic acids is 1. The summed E-state index contributed by atoms with van der Waals surface area (Å²) >= 11 is 5.75. The molecule has 0 unspecified atom stereocenters. The third kappa shape index (κ3) is 2.83. The van der Waals surface area contributed by atoms with E-state index in [2.05, 4.69) is 5.32 Å². The smallest absolute Gasteiger partial charge is 0.220 e. The van der Waals surface area contributed by atoms with Crippen molar-refractivity contribution in [2.45, 2.75) is 38.0 Å². The van der Waals surface area contributed by atoms with Gasteiger partial charge in [-0.2, -0.15) is 0 Å². The van der Waals surface area contributed by atoms with Crippen molar-refractivity contribution in [2.75, 3.05) is 6.54 Å². The van der Waals surface area contributed by atoms with Crippen LogP contribution >= 0.6 is 11.6 Å². The van der Waals surface area contributed by atoms with Gasteiger partial charge in [0.15, 0.2) is 0 Å². The fourth-order valence-electron chi connectivity index (χ4n) is 2.20. The molecule has 0 radical (unpaired) electrons. The molecule has 0 aliphatic heterocycles. The molecule has 1 saturated carbocycles. The number of nitrogens with one attached hydrogen (secondary N) is 1. The summed E-state index contributed by atoms with van der Waals surface area (Å²) in [6.07, 6.45) is 3.18. The second-order valence-electron chi connectivity index (χ2n) is 4.93. The topological polar surface area (TPSA) is 29.1 Å². The molecule has 4 heteroatoms. The van der Waals surface area contributed by atoms with Crippen molar-refractivity contribution < 1.29 is 9.18 Å². The lowest BCUT2D eigenvalue weighted by molar-refractivity contribution is -0.121. The molecule has 0 heterocycles. The molecule has 0 aromatic heterocycles. The van der Waals surface area contributed by atoms with E-state index in [0.29, 0.717) is 23.6 Å². The maximum Gasteiger partial charge on any atom is 0.220 e. The van der Waals surface area contributed by atoms with Crippen LogP contribution in [0, 0.1) is 5.82 Å². The first kappa shape index (κ1) is 13.3. The normalized spacial score (nSPS) is 16.4. The van der Waals surface area contributed by atoms with Crippen molar-refractivity contribution in [3.05, 3.63) is 34.6 Å². The first-order valence-electron chi connectivity index (χ1n) is 6.29. The SMILES string of the molecule is CCCC(=O)NCC1(c2ccc(Cl)cc2F)CC1. The number of rotatable bonds is 5. The van der Waals surface area contributed by atoms with Gasteiger partial charge in [-0.25, -0.2) is 4.39 Å². The van der Waals surface area contributed by atoms with E-state index in [1.165, 1.54) is 6.07 Å². The number of carbonyl (C=O) groups is 1. The Morgan fingerprint density at radius 2 is 2.22 bits per heavy atom. The van der Waals surface area contributed by atoms with Crippen LogP contribution in [0.3, 0.4) is 0 Å². The predicted molar refractivity (Wildman–Crippen MR) is 70.2 cm³/mol. The highest BCUT2D eigenvalue weighted by atomic mass is 35.5. The van der Waals surface area contributed by atoms with Crippen LogP contribution in [-0.2, 0) is 10.2 Å². The van der Waals surface area contributed by atoms with E-state index in [1.807, 2.05) is 6.92 Å². The van der Waals surface area contributed by atoms with Crippen LogP contribution in [0.2, 0.25) is 5.02 Å². The second-order valence-corrected chi connectivity index (χ2v) is 5.37. The number of hydrogen-bond donors (Lipinski definition) is 1. The average molecular weight is 270 g/mol. The van der Waals surface area contributed by atoms with E-state index in [1.54, 1.807) is 12.1 Å². The lowest BCUT2D eigenvalue weighted by atomic mass is 9.95. The minimum Gasteiger partial charge on any atom is -0.355 e. The molecule has 0 bridgehead atoms. The maximum absolute atomic E-state index is 13.9. The fraction of sp³-hybridized carbons (Fsp3) is 0.500. The zero-order valence-electron chi connectivity index (χ0n) is 10.4. The molecule has 1 aromatic rings. The number of benzene rings is 1. The Hall–Kier alpha value is -1.09. The van der Waals surface area contributed by atoms with Crippen molar-refractivity contribution in [3.63, 3.8) is 0 Å². The van der Waals surface area contributed by atoms with Gasteiger partial charge in [-0.15, -0.1) is 0 Å². The molecular weight excluding hydrogens is 253 g/mol. The summed E-state index contributed by atoms with van der Waals surface area (Å²) in [7, 11) is 0. The van der Waals surface area contributed by atoms with Crippen LogP contribution in [0.15, 0.2) is 18.2 Å². The van der Waals surface area contributed by atoms with Crippen molar-refractivity contribution in [1.29, 1.82) is 0 Å². The molecule has 1 aliphatic carbocycles. The summed E-state index contributed by atoms with van der Waals surface area (Å²) in [6, 6.07) is 4.77. The summed E-state index contributed by atoms with van der Waals surface area (Å²) in [4.78, 5) is 11.5. The molecule has 1 fully saturated rings. The standard InChI is InChI=1S/C14H17ClFNO/c1-2-3-13(18)17-9-14(6-7-14)11-5-4-10(15)8-12(11)16/h4-5,8H,2-3,6-7,9H2,1H3,(H,17,18). The Morgan fingerprint density at radius 3 is 2.78 bits per heavy atom. The summed E-state index contributed by atoms with van der Waals surface area (Å²) in [5.74, 6) is -0.233. The Balaban J connectivity index is 2.05. The van der Waals surface area contributed by atoms with Gasteiger partial charge < -0.3 is 5.32 Å². The minimum atomic E-state index is -0.273. The van der Waals surface area contributed by atoms with Gasteiger partial charge in [0.25, 0.3) is 0 Å². The Bertz CT molecular complexity index is 457. The number of halogens is 2. The van der Waals surface area contributed by atoms with E-state index >= 15 is 0 Å². The molecule has 1 N–H and O–H groups in total. The van der Waals surface area contributed by atoms with Crippen LogP contribution in [0.4, 0.5) is 4.39 Å². The second kappa shape index (κ2) is 5.27. The Morgan fingerprint density at radius 1 is 1.50 bits per heavy atom. The lowest BCUT2D eigenvalue weighted by Gasteiger charge is -2.17. The quantitative estimate of drug-likeness (QED) is 0.872. The first-order valence-corrected chi connectivity index (χ1v) is 6.67. The molecule has 0 saturated heterocycles. The van der Waals surface area contributed by atoms with Gasteiger partial charge >= 0.3 is 0 Å². The fourth-order valence-corrected chi connectivity index (χ4v) is 2.35. The summed E-state index contributed by atoms with van der Waals surface area (Å²) in [5.41, 5.74) is 0.460. The summed E-state index contributed by atoms with van der Waals surface area (Å²) in [5, 5.41) is 3.29. The minimum absolute atomic E-state index is 0.0400. The van der Waals surface area contributed by atoms with Gasteiger partial charge in [0.1, 0.15) is 5.82 Å². The third-order valence-corrected chi connectivity index (χ3v) is 3.69. The molecule has 0 atom stereocenters. The number of amides is 1. The molecule has 0 spiro atoms. The lowest BCUT2D eigenvalue weighted by Crippen LogP contribution is -2.32. The van der Waals surface area contributed by atoms with E-state index < -0.39 is 0 Å². The van der Waals surface area contributed by atoms with Crippen LogP contribution < -0.4 is 5.32 Å². The zero-order valence-corrected chi connectivity index (χ0v) is 11.2. The van der Waals surface area contributed by atoms with Crippen molar-refractivity contribution in [1.82, 2.24) is 5.32 Å². The zero-order chi connectivity index (χ0) is 13.2. The van der Waals surface area contributed by atoms with E-state index in [0.717, 1.165) is 19.3 Å². The largest absolute Gasteiger partial charge is 0.355 e. The maximum atomic E-state index is 13.9. The van der Waals surface area contributed by atoms with Crippen molar-refractivity contribution in [2.24, 2.45) is 0 Å². The molecule has 2 nitrogen and oxygen atoms in total. The van der Waals surface area contributed by atoms with Gasteiger partial charge in [0.05, 0.1) is 0 Å². The van der Waals surface area contributed by atoms with Crippen LogP contribution in [0.5, 0.6) is 0 Å². The molecule has 98 valence electrons. The van der Waals surface area contributed by atoms with Crippen molar-refractivity contribution >= 4 is 17.5 Å². The van der Waals surface area contributed by atoms with Gasteiger partial charge in [-0.1, -0.05) is 24.6 Å². The molecule has 2 rings (SSSR count). The van der Waals surface area contributed by atoms with Crippen LogP contribution in [0.25, 0.3) is 0 Å². The van der Waals surface area contributed by atoms with Crippen LogP contribution in [-0.4, -0.2) is 12.5 Å². The highest BCUT2D eigenvalue weighted by Crippen LogP contribution is 2.48. The number of hydrogen-bond acceptors (Lipinski definition) is 1. The van der Waals surface area contributed by atoms with Gasteiger partial charge in [-0.3, -0.25) is 4.79 Å². The molecular formula is C14H17ClFNO. The predicted octanol–water partition coefficient (Wildman–Crippen LogP) is 3.43. The molecule has 1 amide bonds.